The summed E-state index contributed by atoms with van der Waals surface area (Å²) in [4.78, 5) is 33.9. The maximum Gasteiger partial charge on any atom is 0.328 e. The largest absolute Gasteiger partial charge is 0.480 e. The number of hydrogen-bond acceptors (Lipinski definition) is 5. The number of carboxylic acids is 1. The number of carbonyl (C=O) groups is 1. The molecule has 1 heterocycles. The van der Waals surface area contributed by atoms with Crippen molar-refractivity contribution in [1.82, 2.24) is 9.55 Å². The number of aromatic amines is 1. The average Bonchev–Trinajstić information content (AvgIpc) is 2.24. The molecule has 5 N–H and O–H groups in total. The number of nitrogens with two attached hydrogens (primary N) is 1. The van der Waals surface area contributed by atoms with Gasteiger partial charge in [0.2, 0.25) is 5.82 Å². The molecular weight excluding hydrogens is 237 g/mol. The predicted octanol–water partition coefficient (Wildman–Crippen LogP) is -2.55. The van der Waals surface area contributed by atoms with Crippen LogP contribution in [0, 0.1) is 5.82 Å². The Hall–Kier alpha value is -2.00. The van der Waals surface area contributed by atoms with Crippen LogP contribution in [-0.2, 0) is 11.3 Å². The highest BCUT2D eigenvalue weighted by molar-refractivity contribution is 5.73. The first-order valence-corrected chi connectivity index (χ1v) is 4.48. The summed E-state index contributed by atoms with van der Waals surface area (Å²) in [7, 11) is 0. The van der Waals surface area contributed by atoms with Crippen LogP contribution in [0.3, 0.4) is 0 Å². The molecule has 0 saturated heterocycles. The summed E-state index contributed by atoms with van der Waals surface area (Å²) in [6.45, 7) is -0.542. The molecule has 0 aromatic carbocycles. The van der Waals surface area contributed by atoms with Crippen molar-refractivity contribution in [2.45, 2.75) is 18.7 Å². The van der Waals surface area contributed by atoms with E-state index in [1.807, 2.05) is 0 Å². The average molecular weight is 247 g/mol. The number of H-pyrrole nitrogens is 1. The zero-order valence-corrected chi connectivity index (χ0v) is 8.46. The summed E-state index contributed by atoms with van der Waals surface area (Å²) in [5.74, 6) is -2.68. The Labute approximate surface area is 93.1 Å². The van der Waals surface area contributed by atoms with Crippen LogP contribution in [0.25, 0.3) is 0 Å². The first-order valence-electron chi connectivity index (χ1n) is 4.48. The van der Waals surface area contributed by atoms with Crippen LogP contribution in [0.15, 0.2) is 15.8 Å². The topological polar surface area (TPSA) is 138 Å². The van der Waals surface area contributed by atoms with E-state index in [0.29, 0.717) is 10.8 Å². The van der Waals surface area contributed by atoms with Crippen molar-refractivity contribution < 1.29 is 19.4 Å². The summed E-state index contributed by atoms with van der Waals surface area (Å²) >= 11 is 0. The number of aromatic nitrogens is 2. The molecule has 9 heteroatoms. The Morgan fingerprint density at radius 1 is 1.59 bits per heavy atom. The summed E-state index contributed by atoms with van der Waals surface area (Å²) < 4.78 is 13.5. The number of carboxylic acid groups (broad SMARTS) is 1. The van der Waals surface area contributed by atoms with Gasteiger partial charge in [-0.3, -0.25) is 19.1 Å². The van der Waals surface area contributed by atoms with Gasteiger partial charge in [0.1, 0.15) is 6.04 Å². The molecule has 2 atom stereocenters. The van der Waals surface area contributed by atoms with Crippen molar-refractivity contribution in [3.63, 3.8) is 0 Å². The summed E-state index contributed by atoms with van der Waals surface area (Å²) in [6.07, 6.45) is -1.02. The van der Waals surface area contributed by atoms with Crippen molar-refractivity contribution >= 4 is 5.97 Å². The molecule has 8 nitrogen and oxygen atoms in total. The van der Waals surface area contributed by atoms with Crippen LogP contribution >= 0.6 is 0 Å². The Morgan fingerprint density at radius 3 is 2.71 bits per heavy atom. The molecule has 0 radical (unpaired) electrons. The van der Waals surface area contributed by atoms with E-state index in [-0.39, 0.29) is 0 Å². The van der Waals surface area contributed by atoms with Gasteiger partial charge in [0.05, 0.1) is 18.8 Å². The highest BCUT2D eigenvalue weighted by Gasteiger charge is 2.22. The van der Waals surface area contributed by atoms with Gasteiger partial charge in [-0.05, 0) is 0 Å². The van der Waals surface area contributed by atoms with Crippen molar-refractivity contribution in [3.8, 4) is 0 Å². The van der Waals surface area contributed by atoms with Gasteiger partial charge in [0, 0.05) is 0 Å². The van der Waals surface area contributed by atoms with Gasteiger partial charge in [-0.1, -0.05) is 0 Å². The van der Waals surface area contributed by atoms with Gasteiger partial charge in [-0.25, -0.2) is 4.79 Å². The highest BCUT2D eigenvalue weighted by Crippen LogP contribution is 1.95. The Balaban J connectivity index is 2.97. The van der Waals surface area contributed by atoms with Gasteiger partial charge in [-0.15, -0.1) is 0 Å². The minimum Gasteiger partial charge on any atom is -0.480 e. The summed E-state index contributed by atoms with van der Waals surface area (Å²) in [6, 6.07) is -1.61. The fourth-order valence-corrected chi connectivity index (χ4v) is 1.10. The second kappa shape index (κ2) is 4.89. The standard InChI is InChI=1S/C8H10FN3O5/c9-3-1-12(8(17)11-6(3)14)2-4(13)5(10)7(15)16/h1,4-5,13H,2,10H2,(H,15,16)(H,11,14,17)/t4-,5-/m0/s1. The fourth-order valence-electron chi connectivity index (χ4n) is 1.10. The third-order valence-corrected chi connectivity index (χ3v) is 2.05. The maximum absolute atomic E-state index is 12.8. The molecule has 0 aliphatic heterocycles. The van der Waals surface area contributed by atoms with Gasteiger partial charge < -0.3 is 15.9 Å². The molecule has 17 heavy (non-hydrogen) atoms. The van der Waals surface area contributed by atoms with Crippen molar-refractivity contribution in [2.75, 3.05) is 0 Å². The Bertz CT molecular complexity index is 537. The second-order valence-electron chi connectivity index (χ2n) is 3.32. The number of aliphatic hydroxyl groups is 1. The van der Waals surface area contributed by atoms with Crippen LogP contribution in [-0.4, -0.2) is 37.9 Å². The zero-order chi connectivity index (χ0) is 13.2. The molecule has 0 amide bonds. The molecule has 0 aliphatic carbocycles. The third kappa shape index (κ3) is 2.98. The molecule has 0 fully saturated rings. The monoisotopic (exact) mass is 247 g/mol. The molecule has 1 aromatic rings. The van der Waals surface area contributed by atoms with Gasteiger partial charge in [-0.2, -0.15) is 4.39 Å². The second-order valence-corrected chi connectivity index (χ2v) is 3.32. The Kier molecular flexibility index (Phi) is 3.76. The van der Waals surface area contributed by atoms with Crippen LogP contribution in [0.4, 0.5) is 4.39 Å². The first kappa shape index (κ1) is 13.1. The fraction of sp³-hybridized carbons (Fsp3) is 0.375. The van der Waals surface area contributed by atoms with E-state index in [1.54, 1.807) is 4.98 Å². The normalized spacial score (nSPS) is 14.3. The van der Waals surface area contributed by atoms with Crippen LogP contribution in [0.1, 0.15) is 0 Å². The number of rotatable bonds is 4. The molecule has 0 unspecified atom stereocenters. The van der Waals surface area contributed by atoms with Gasteiger partial charge in [0.15, 0.2) is 0 Å². The number of hydrogen-bond donors (Lipinski definition) is 4. The van der Waals surface area contributed by atoms with E-state index in [2.05, 4.69) is 0 Å². The van der Waals surface area contributed by atoms with Crippen molar-refractivity contribution in [3.05, 3.63) is 32.9 Å². The van der Waals surface area contributed by atoms with Crippen molar-refractivity contribution in [2.24, 2.45) is 5.73 Å². The quantitative estimate of drug-likeness (QED) is 0.462. The molecule has 0 bridgehead atoms. The van der Waals surface area contributed by atoms with E-state index in [4.69, 9.17) is 10.8 Å². The number of halogens is 1. The van der Waals surface area contributed by atoms with E-state index < -0.39 is 41.7 Å². The summed E-state index contributed by atoms with van der Waals surface area (Å²) in [5.41, 5.74) is 2.94. The molecule has 1 aromatic heterocycles. The zero-order valence-electron chi connectivity index (χ0n) is 8.46. The minimum atomic E-state index is -1.61. The molecular formula is C8H10FN3O5. The maximum atomic E-state index is 12.8. The number of aliphatic hydroxyl groups excluding tert-OH is 1. The predicted molar refractivity (Wildman–Crippen MR) is 52.9 cm³/mol. The van der Waals surface area contributed by atoms with E-state index in [9.17, 15) is 23.9 Å². The van der Waals surface area contributed by atoms with E-state index >= 15 is 0 Å². The number of nitrogens with zero attached hydrogens (tertiary/aromatic N) is 1. The Morgan fingerprint density at radius 2 is 2.18 bits per heavy atom. The van der Waals surface area contributed by atoms with Gasteiger partial charge >= 0.3 is 11.7 Å². The number of aliphatic carboxylic acids is 1. The van der Waals surface area contributed by atoms with E-state index in [0.717, 1.165) is 0 Å². The number of nitrogens with one attached hydrogen (secondary N) is 1. The van der Waals surface area contributed by atoms with Crippen LogP contribution in [0.5, 0.6) is 0 Å². The lowest BCUT2D eigenvalue weighted by molar-refractivity contribution is -0.141. The van der Waals surface area contributed by atoms with E-state index in [1.165, 1.54) is 0 Å². The smallest absolute Gasteiger partial charge is 0.328 e. The lowest BCUT2D eigenvalue weighted by Crippen LogP contribution is -2.46. The molecule has 0 aliphatic rings. The minimum absolute atomic E-state index is 0.542. The molecule has 94 valence electrons. The van der Waals surface area contributed by atoms with Crippen LogP contribution in [0.2, 0.25) is 0 Å². The highest BCUT2D eigenvalue weighted by atomic mass is 19.1. The SMILES string of the molecule is N[C@H](C(=O)O)[C@@H](O)Cn1cc(F)c(=O)[nH]c1=O. The van der Waals surface area contributed by atoms with Crippen molar-refractivity contribution in [1.29, 1.82) is 0 Å². The molecule has 1 rings (SSSR count). The third-order valence-electron chi connectivity index (χ3n) is 2.05. The van der Waals surface area contributed by atoms with Crippen LogP contribution < -0.4 is 17.0 Å². The lowest BCUT2D eigenvalue weighted by atomic mass is 10.2. The molecule has 0 saturated carbocycles. The van der Waals surface area contributed by atoms with Gasteiger partial charge in [0.25, 0.3) is 5.56 Å². The first-order chi connectivity index (χ1) is 7.82. The summed E-state index contributed by atoms with van der Waals surface area (Å²) in [5, 5.41) is 17.8. The molecule has 0 spiro atoms. The lowest BCUT2D eigenvalue weighted by Gasteiger charge is -2.15.